The van der Waals surface area contributed by atoms with Gasteiger partial charge in [0, 0.05) is 6.04 Å². The number of amides is 1. The van der Waals surface area contributed by atoms with Crippen LogP contribution in [0.4, 0.5) is 0 Å². The number of hydrogen-bond donors (Lipinski definition) is 2. The molecule has 0 heterocycles. The van der Waals surface area contributed by atoms with E-state index in [1.807, 2.05) is 12.1 Å². The number of para-hydroxylation sites is 1. The Morgan fingerprint density at radius 3 is 2.85 bits per heavy atom. The average Bonchev–Trinajstić information content (AvgIpc) is 2.82. The lowest BCUT2D eigenvalue weighted by atomic mass is 10.1. The number of rotatable bonds is 5. The van der Waals surface area contributed by atoms with E-state index < -0.39 is 0 Å². The largest absolute Gasteiger partial charge is 0.483 e. The van der Waals surface area contributed by atoms with Gasteiger partial charge in [0.1, 0.15) is 10.7 Å². The van der Waals surface area contributed by atoms with Crippen molar-refractivity contribution in [2.45, 2.75) is 32.2 Å². The maximum Gasteiger partial charge on any atom is 0.258 e. The van der Waals surface area contributed by atoms with Crippen molar-refractivity contribution in [2.24, 2.45) is 11.7 Å². The molecule has 2 unspecified atom stereocenters. The third-order valence-electron chi connectivity index (χ3n) is 3.72. The quantitative estimate of drug-likeness (QED) is 0.815. The monoisotopic (exact) mass is 292 g/mol. The van der Waals surface area contributed by atoms with Gasteiger partial charge in [-0.3, -0.25) is 4.79 Å². The predicted molar refractivity (Wildman–Crippen MR) is 82.8 cm³/mol. The predicted octanol–water partition coefficient (Wildman–Crippen LogP) is 2.00. The number of hydrogen-bond acceptors (Lipinski definition) is 3. The van der Waals surface area contributed by atoms with Crippen molar-refractivity contribution in [1.82, 2.24) is 5.32 Å². The van der Waals surface area contributed by atoms with Crippen molar-refractivity contribution in [3.8, 4) is 5.75 Å². The molecule has 3 N–H and O–H groups in total. The van der Waals surface area contributed by atoms with Crippen LogP contribution in [0, 0.1) is 5.92 Å². The number of nitrogens with two attached hydrogens (primary N) is 1. The summed E-state index contributed by atoms with van der Waals surface area (Å²) in [7, 11) is 0. The van der Waals surface area contributed by atoms with Gasteiger partial charge in [-0.1, -0.05) is 37.7 Å². The Morgan fingerprint density at radius 1 is 1.45 bits per heavy atom. The van der Waals surface area contributed by atoms with Gasteiger partial charge in [0.25, 0.3) is 5.91 Å². The van der Waals surface area contributed by atoms with Crippen molar-refractivity contribution >= 4 is 23.1 Å². The molecule has 5 heteroatoms. The van der Waals surface area contributed by atoms with Crippen LogP contribution in [0.1, 0.15) is 31.7 Å². The topological polar surface area (TPSA) is 64.3 Å². The second-order valence-corrected chi connectivity index (χ2v) is 5.67. The van der Waals surface area contributed by atoms with Crippen LogP contribution in [-0.2, 0) is 4.79 Å². The molecular weight excluding hydrogens is 272 g/mol. The molecule has 0 bridgehead atoms. The molecule has 108 valence electrons. The minimum Gasteiger partial charge on any atom is -0.483 e. The van der Waals surface area contributed by atoms with Gasteiger partial charge in [-0.05, 0) is 30.9 Å². The number of ether oxygens (including phenoxy) is 1. The van der Waals surface area contributed by atoms with E-state index in [1.165, 1.54) is 12.8 Å². The summed E-state index contributed by atoms with van der Waals surface area (Å²) < 4.78 is 5.53. The van der Waals surface area contributed by atoms with Gasteiger partial charge in [0.2, 0.25) is 0 Å². The highest BCUT2D eigenvalue weighted by atomic mass is 32.1. The Kier molecular flexibility index (Phi) is 4.95. The lowest BCUT2D eigenvalue weighted by Crippen LogP contribution is -2.39. The van der Waals surface area contributed by atoms with Crippen molar-refractivity contribution in [1.29, 1.82) is 0 Å². The maximum absolute atomic E-state index is 11.9. The zero-order valence-corrected chi connectivity index (χ0v) is 12.4. The Balaban J connectivity index is 1.89. The van der Waals surface area contributed by atoms with Crippen molar-refractivity contribution in [3.05, 3.63) is 29.8 Å². The molecule has 0 aromatic heterocycles. The molecule has 1 aliphatic rings. The summed E-state index contributed by atoms with van der Waals surface area (Å²) in [6.07, 6.45) is 3.41. The molecule has 2 atom stereocenters. The molecule has 1 aliphatic carbocycles. The van der Waals surface area contributed by atoms with Gasteiger partial charge in [0.05, 0.1) is 5.56 Å². The van der Waals surface area contributed by atoms with E-state index in [4.69, 9.17) is 22.7 Å². The van der Waals surface area contributed by atoms with Crippen LogP contribution in [0.3, 0.4) is 0 Å². The standard InChI is InChI=1S/C15H20N2O2S/c1-10-5-4-7-12(10)17-14(18)9-19-13-8-3-2-6-11(13)15(16)20/h2-3,6,8,10,12H,4-5,7,9H2,1H3,(H2,16,20)(H,17,18). The fourth-order valence-corrected chi connectivity index (χ4v) is 2.72. The van der Waals surface area contributed by atoms with Crippen LogP contribution in [0.25, 0.3) is 0 Å². The zero-order valence-electron chi connectivity index (χ0n) is 11.6. The minimum absolute atomic E-state index is 0.0111. The Hall–Kier alpha value is -1.62. The number of nitrogens with one attached hydrogen (secondary N) is 1. The summed E-state index contributed by atoms with van der Waals surface area (Å²) in [6.45, 7) is 2.16. The van der Waals surface area contributed by atoms with Crippen LogP contribution in [0.5, 0.6) is 5.75 Å². The number of benzene rings is 1. The normalized spacial score (nSPS) is 21.4. The fraction of sp³-hybridized carbons (Fsp3) is 0.467. The lowest BCUT2D eigenvalue weighted by Gasteiger charge is -2.17. The average molecular weight is 292 g/mol. The van der Waals surface area contributed by atoms with E-state index in [0.29, 0.717) is 17.2 Å². The smallest absolute Gasteiger partial charge is 0.258 e. The molecular formula is C15H20N2O2S. The summed E-state index contributed by atoms with van der Waals surface area (Å²) >= 11 is 4.96. The number of carbonyl (C=O) groups excluding carboxylic acids is 1. The highest BCUT2D eigenvalue weighted by Crippen LogP contribution is 2.24. The second kappa shape index (κ2) is 6.70. The van der Waals surface area contributed by atoms with E-state index in [0.717, 1.165) is 6.42 Å². The van der Waals surface area contributed by atoms with Crippen LogP contribution in [-0.4, -0.2) is 23.5 Å². The highest BCUT2D eigenvalue weighted by Gasteiger charge is 2.24. The molecule has 2 rings (SSSR count). The molecule has 0 saturated heterocycles. The first-order valence-electron chi connectivity index (χ1n) is 6.89. The summed E-state index contributed by atoms with van der Waals surface area (Å²) in [4.78, 5) is 12.2. The number of thiocarbonyl (C=S) groups is 1. The molecule has 1 fully saturated rings. The molecule has 0 spiro atoms. The van der Waals surface area contributed by atoms with Crippen LogP contribution in [0.15, 0.2) is 24.3 Å². The van der Waals surface area contributed by atoms with Crippen LogP contribution in [0.2, 0.25) is 0 Å². The van der Waals surface area contributed by atoms with Crippen molar-refractivity contribution in [2.75, 3.05) is 6.61 Å². The minimum atomic E-state index is -0.0958. The van der Waals surface area contributed by atoms with E-state index in [1.54, 1.807) is 12.1 Å². The van der Waals surface area contributed by atoms with Crippen molar-refractivity contribution < 1.29 is 9.53 Å². The highest BCUT2D eigenvalue weighted by molar-refractivity contribution is 7.80. The van der Waals surface area contributed by atoms with Gasteiger partial charge in [-0.25, -0.2) is 0 Å². The SMILES string of the molecule is CC1CCCC1NC(=O)COc1ccccc1C(N)=S. The first-order valence-corrected chi connectivity index (χ1v) is 7.29. The Morgan fingerprint density at radius 2 is 2.20 bits per heavy atom. The second-order valence-electron chi connectivity index (χ2n) is 5.23. The molecule has 0 aliphatic heterocycles. The van der Waals surface area contributed by atoms with Gasteiger partial charge in [-0.2, -0.15) is 0 Å². The molecule has 1 amide bonds. The van der Waals surface area contributed by atoms with Crippen LogP contribution >= 0.6 is 12.2 Å². The summed E-state index contributed by atoms with van der Waals surface area (Å²) in [5, 5.41) is 3.02. The fourth-order valence-electron chi connectivity index (χ4n) is 2.55. The Bertz CT molecular complexity index is 504. The number of carbonyl (C=O) groups is 1. The lowest BCUT2D eigenvalue weighted by molar-refractivity contribution is -0.124. The van der Waals surface area contributed by atoms with E-state index in [9.17, 15) is 4.79 Å². The summed E-state index contributed by atoms with van der Waals surface area (Å²) in [5.74, 6) is 0.999. The van der Waals surface area contributed by atoms with E-state index in [2.05, 4.69) is 12.2 Å². The molecule has 20 heavy (non-hydrogen) atoms. The van der Waals surface area contributed by atoms with Gasteiger partial charge < -0.3 is 15.8 Å². The molecule has 1 aromatic rings. The molecule has 1 aromatic carbocycles. The van der Waals surface area contributed by atoms with Gasteiger partial charge in [0.15, 0.2) is 6.61 Å². The molecule has 1 saturated carbocycles. The first-order chi connectivity index (χ1) is 9.58. The van der Waals surface area contributed by atoms with Gasteiger partial charge >= 0.3 is 0 Å². The van der Waals surface area contributed by atoms with Crippen molar-refractivity contribution in [3.63, 3.8) is 0 Å². The van der Waals surface area contributed by atoms with Crippen LogP contribution < -0.4 is 15.8 Å². The third-order valence-corrected chi connectivity index (χ3v) is 3.94. The van der Waals surface area contributed by atoms with E-state index in [-0.39, 0.29) is 23.5 Å². The molecule has 0 radical (unpaired) electrons. The first kappa shape index (κ1) is 14.8. The van der Waals surface area contributed by atoms with E-state index >= 15 is 0 Å². The van der Waals surface area contributed by atoms with Gasteiger partial charge in [-0.15, -0.1) is 0 Å². The summed E-state index contributed by atoms with van der Waals surface area (Å²) in [5.41, 5.74) is 6.28. The Labute approximate surface area is 124 Å². The maximum atomic E-state index is 11.9. The molecule has 4 nitrogen and oxygen atoms in total. The summed E-state index contributed by atoms with van der Waals surface area (Å²) in [6, 6.07) is 7.49. The zero-order chi connectivity index (χ0) is 14.5. The third kappa shape index (κ3) is 3.70.